The van der Waals surface area contributed by atoms with Crippen LogP contribution < -0.4 is 5.73 Å². The van der Waals surface area contributed by atoms with E-state index in [1.54, 1.807) is 11.3 Å². The van der Waals surface area contributed by atoms with E-state index < -0.39 is 0 Å². The van der Waals surface area contributed by atoms with E-state index in [0.717, 1.165) is 56.3 Å². The van der Waals surface area contributed by atoms with Crippen LogP contribution in [0.5, 0.6) is 0 Å². The Hall–Kier alpha value is -1.18. The van der Waals surface area contributed by atoms with Gasteiger partial charge in [0.2, 0.25) is 5.91 Å². The van der Waals surface area contributed by atoms with Crippen molar-refractivity contribution in [1.82, 2.24) is 14.8 Å². The van der Waals surface area contributed by atoms with Crippen LogP contribution in [-0.4, -0.2) is 53.4 Å². The second kappa shape index (κ2) is 11.9. The molecule has 162 valence electrons. The van der Waals surface area contributed by atoms with Gasteiger partial charge in [0, 0.05) is 50.2 Å². The summed E-state index contributed by atoms with van der Waals surface area (Å²) in [7, 11) is 0. The maximum atomic E-state index is 13.0. The second-order valence-electron chi connectivity index (χ2n) is 7.27. The molecular weight excluding hydrogens is 427 g/mol. The molecule has 0 spiro atoms. The van der Waals surface area contributed by atoms with E-state index in [2.05, 4.69) is 36.3 Å². The first-order valence-electron chi connectivity index (χ1n) is 9.83. The van der Waals surface area contributed by atoms with Gasteiger partial charge in [-0.3, -0.25) is 9.69 Å². The fraction of sp³-hybridized carbons (Fsp3) is 0.524. The monoisotopic (exact) mass is 458 g/mol. The molecule has 1 saturated heterocycles. The lowest BCUT2D eigenvalue weighted by atomic mass is 9.81. The van der Waals surface area contributed by atoms with Gasteiger partial charge in [0.25, 0.3) is 0 Å². The lowest BCUT2D eigenvalue weighted by Gasteiger charge is -2.40. The number of piperazine rings is 1. The van der Waals surface area contributed by atoms with Gasteiger partial charge in [0.05, 0.1) is 11.1 Å². The van der Waals surface area contributed by atoms with Gasteiger partial charge < -0.3 is 10.6 Å². The molecule has 1 aliphatic heterocycles. The number of nitrogens with two attached hydrogens (primary N) is 1. The Morgan fingerprint density at radius 1 is 1.10 bits per heavy atom. The van der Waals surface area contributed by atoms with Crippen molar-refractivity contribution in [2.75, 3.05) is 32.7 Å². The van der Waals surface area contributed by atoms with Crippen LogP contribution in [0.15, 0.2) is 35.7 Å². The van der Waals surface area contributed by atoms with Gasteiger partial charge >= 0.3 is 0 Å². The zero-order chi connectivity index (χ0) is 19.3. The Kier molecular flexibility index (Phi) is 10.6. The molecule has 1 aromatic heterocycles. The zero-order valence-electron chi connectivity index (χ0n) is 17.2. The minimum atomic E-state index is -0.387. The summed E-state index contributed by atoms with van der Waals surface area (Å²) in [5.41, 5.74) is 7.84. The molecule has 0 saturated carbocycles. The first-order valence-corrected chi connectivity index (χ1v) is 10.7. The summed E-state index contributed by atoms with van der Waals surface area (Å²) < 4.78 is 0. The van der Waals surface area contributed by atoms with Crippen LogP contribution in [0.25, 0.3) is 10.6 Å². The highest BCUT2D eigenvalue weighted by Gasteiger charge is 2.37. The quantitative estimate of drug-likeness (QED) is 0.678. The van der Waals surface area contributed by atoms with Crippen LogP contribution in [0.4, 0.5) is 0 Å². The average molecular weight is 459 g/mol. The smallest absolute Gasteiger partial charge is 0.230 e. The Morgan fingerprint density at radius 2 is 1.72 bits per heavy atom. The van der Waals surface area contributed by atoms with Crippen molar-refractivity contribution in [1.29, 1.82) is 0 Å². The van der Waals surface area contributed by atoms with Crippen LogP contribution in [-0.2, 0) is 11.3 Å². The Balaban J connectivity index is 0.00000210. The van der Waals surface area contributed by atoms with Crippen LogP contribution in [0.2, 0.25) is 0 Å². The molecule has 3 rings (SSSR count). The molecule has 1 amide bonds. The number of carbonyl (C=O) groups excluding carboxylic acids is 1. The largest absolute Gasteiger partial charge is 0.340 e. The third-order valence-corrected chi connectivity index (χ3v) is 6.76. The van der Waals surface area contributed by atoms with Crippen LogP contribution in [0.1, 0.15) is 32.4 Å². The maximum absolute atomic E-state index is 13.0. The van der Waals surface area contributed by atoms with Crippen LogP contribution in [0.3, 0.4) is 0 Å². The molecule has 0 atom stereocenters. The Morgan fingerprint density at radius 3 is 2.28 bits per heavy atom. The van der Waals surface area contributed by atoms with Gasteiger partial charge in [0.1, 0.15) is 5.01 Å². The van der Waals surface area contributed by atoms with E-state index in [1.165, 1.54) is 5.56 Å². The fourth-order valence-corrected chi connectivity index (χ4v) is 4.51. The highest BCUT2D eigenvalue weighted by atomic mass is 35.5. The summed E-state index contributed by atoms with van der Waals surface area (Å²) in [4.78, 5) is 22.1. The first kappa shape index (κ1) is 25.9. The number of nitrogens with zero attached hydrogens (tertiary/aromatic N) is 3. The maximum Gasteiger partial charge on any atom is 0.230 e. The highest BCUT2D eigenvalue weighted by Crippen LogP contribution is 2.29. The third-order valence-electron chi connectivity index (χ3n) is 5.82. The molecule has 1 fully saturated rings. The van der Waals surface area contributed by atoms with Gasteiger partial charge in [-0.25, -0.2) is 4.98 Å². The van der Waals surface area contributed by atoms with Crippen molar-refractivity contribution >= 4 is 42.1 Å². The number of aromatic nitrogens is 1. The summed E-state index contributed by atoms with van der Waals surface area (Å²) in [5.74, 6) is 0.231. The van der Waals surface area contributed by atoms with Crippen LogP contribution >= 0.6 is 36.2 Å². The molecule has 29 heavy (non-hydrogen) atoms. The fourth-order valence-electron chi connectivity index (χ4n) is 3.69. The standard InChI is InChI=1S/C21H30N4OS.2ClH/c1-3-21(4-2,16-22)20(26)25-12-10-24(11-13-25)14-18-15-27-19(23-18)17-8-6-5-7-9-17;;/h5-9,15H,3-4,10-14,16,22H2,1-2H3;2*1H. The van der Waals surface area contributed by atoms with E-state index in [-0.39, 0.29) is 36.1 Å². The molecule has 0 aliphatic carbocycles. The van der Waals surface area contributed by atoms with Crippen molar-refractivity contribution in [2.45, 2.75) is 33.2 Å². The molecule has 2 heterocycles. The summed E-state index contributed by atoms with van der Waals surface area (Å²) in [6, 6.07) is 10.3. The number of amides is 1. The van der Waals surface area contributed by atoms with E-state index >= 15 is 0 Å². The lowest BCUT2D eigenvalue weighted by molar-refractivity contribution is -0.144. The van der Waals surface area contributed by atoms with Gasteiger partial charge in [0.15, 0.2) is 0 Å². The molecule has 1 aromatic carbocycles. The van der Waals surface area contributed by atoms with Gasteiger partial charge in [-0.15, -0.1) is 36.2 Å². The molecule has 8 heteroatoms. The molecular formula is C21H32Cl2N4OS. The van der Waals surface area contributed by atoms with Gasteiger partial charge in [-0.05, 0) is 12.8 Å². The number of hydrogen-bond donors (Lipinski definition) is 1. The molecule has 5 nitrogen and oxygen atoms in total. The summed E-state index contributed by atoms with van der Waals surface area (Å²) in [6.45, 7) is 8.73. The number of rotatable bonds is 7. The number of carbonyl (C=O) groups is 1. The van der Waals surface area contributed by atoms with E-state index in [0.29, 0.717) is 6.54 Å². The minimum absolute atomic E-state index is 0. The number of benzene rings is 1. The first-order chi connectivity index (χ1) is 13.1. The second-order valence-corrected chi connectivity index (χ2v) is 8.13. The molecule has 2 N–H and O–H groups in total. The van der Waals surface area contributed by atoms with Crippen molar-refractivity contribution in [3.05, 3.63) is 41.4 Å². The van der Waals surface area contributed by atoms with E-state index in [9.17, 15) is 4.79 Å². The predicted molar refractivity (Wildman–Crippen MR) is 126 cm³/mol. The predicted octanol–water partition coefficient (Wildman–Crippen LogP) is 4.06. The topological polar surface area (TPSA) is 62.5 Å². The van der Waals surface area contributed by atoms with E-state index in [1.807, 2.05) is 23.1 Å². The van der Waals surface area contributed by atoms with Crippen molar-refractivity contribution in [3.63, 3.8) is 0 Å². The summed E-state index contributed by atoms with van der Waals surface area (Å²) >= 11 is 1.69. The van der Waals surface area contributed by atoms with Crippen molar-refractivity contribution in [2.24, 2.45) is 11.1 Å². The Labute approximate surface area is 190 Å². The van der Waals surface area contributed by atoms with Crippen molar-refractivity contribution in [3.8, 4) is 10.6 Å². The van der Waals surface area contributed by atoms with E-state index in [4.69, 9.17) is 10.7 Å². The zero-order valence-corrected chi connectivity index (χ0v) is 19.6. The normalized spacial score (nSPS) is 14.8. The Bertz CT molecular complexity index is 736. The minimum Gasteiger partial charge on any atom is -0.340 e. The number of thiazole rings is 1. The summed E-state index contributed by atoms with van der Waals surface area (Å²) in [6.07, 6.45) is 1.61. The third kappa shape index (κ3) is 5.92. The van der Waals surface area contributed by atoms with Crippen LogP contribution in [0, 0.1) is 5.41 Å². The molecule has 0 unspecified atom stereocenters. The molecule has 1 aliphatic rings. The lowest BCUT2D eigenvalue weighted by Crippen LogP contribution is -2.54. The molecule has 2 aromatic rings. The van der Waals surface area contributed by atoms with Gasteiger partial charge in [-0.2, -0.15) is 0 Å². The molecule has 0 bridgehead atoms. The number of hydrogen-bond acceptors (Lipinski definition) is 5. The van der Waals surface area contributed by atoms with Gasteiger partial charge in [-0.1, -0.05) is 44.2 Å². The SMILES string of the molecule is CCC(CC)(CN)C(=O)N1CCN(Cc2csc(-c3ccccc3)n2)CC1.Cl.Cl. The average Bonchev–Trinajstić information content (AvgIpc) is 3.19. The highest BCUT2D eigenvalue weighted by molar-refractivity contribution is 7.13. The number of halogens is 2. The molecule has 0 radical (unpaired) electrons. The van der Waals surface area contributed by atoms with Crippen molar-refractivity contribution < 1.29 is 4.79 Å². The summed E-state index contributed by atoms with van der Waals surface area (Å²) in [5, 5.41) is 3.21.